The largest absolute Gasteiger partial charge is 0.508 e. The van der Waals surface area contributed by atoms with Gasteiger partial charge in [0, 0.05) is 13.1 Å². The second-order valence-corrected chi connectivity index (χ2v) is 5.48. The summed E-state index contributed by atoms with van der Waals surface area (Å²) in [7, 11) is 0. The number of imidazole rings is 1. The van der Waals surface area contributed by atoms with Gasteiger partial charge in [-0.3, -0.25) is 4.79 Å². The maximum Gasteiger partial charge on any atom is 0.224 e. The lowest BCUT2D eigenvalue weighted by Crippen LogP contribution is -2.26. The van der Waals surface area contributed by atoms with Crippen LogP contribution in [0.15, 0.2) is 54.9 Å². The van der Waals surface area contributed by atoms with Crippen molar-refractivity contribution < 1.29 is 9.90 Å². The topological polar surface area (TPSA) is 67.2 Å². The Hall–Kier alpha value is -2.82. The van der Waals surface area contributed by atoms with Crippen molar-refractivity contribution in [3.05, 3.63) is 60.4 Å². The summed E-state index contributed by atoms with van der Waals surface area (Å²) in [6.45, 7) is 1.43. The number of nitrogens with zero attached hydrogens (tertiary/aromatic N) is 2. The number of phenols is 1. The molecule has 2 N–H and O–H groups in total. The summed E-state index contributed by atoms with van der Waals surface area (Å²) < 4.78 is 2.09. The Bertz CT molecular complexity index is 811. The molecule has 0 saturated heterocycles. The molecule has 1 amide bonds. The van der Waals surface area contributed by atoms with Crippen molar-refractivity contribution in [1.82, 2.24) is 14.9 Å². The Morgan fingerprint density at radius 2 is 2.04 bits per heavy atom. The summed E-state index contributed by atoms with van der Waals surface area (Å²) in [6, 6.07) is 14.8. The van der Waals surface area contributed by atoms with E-state index in [1.807, 2.05) is 36.7 Å². The number of fused-ring (bicyclic) bond motifs is 1. The predicted molar refractivity (Wildman–Crippen MR) is 89.2 cm³/mol. The number of benzene rings is 2. The molecule has 0 saturated carbocycles. The number of aryl methyl sites for hydroxylation is 1. The van der Waals surface area contributed by atoms with Crippen molar-refractivity contribution >= 4 is 16.9 Å². The number of para-hydroxylation sites is 2. The Morgan fingerprint density at radius 1 is 1.17 bits per heavy atom. The van der Waals surface area contributed by atoms with E-state index >= 15 is 0 Å². The van der Waals surface area contributed by atoms with Gasteiger partial charge in [-0.25, -0.2) is 4.98 Å². The second-order valence-electron chi connectivity index (χ2n) is 5.48. The molecule has 3 aromatic rings. The van der Waals surface area contributed by atoms with E-state index in [0.29, 0.717) is 6.54 Å². The fourth-order valence-corrected chi connectivity index (χ4v) is 2.58. The summed E-state index contributed by atoms with van der Waals surface area (Å²) in [5, 5.41) is 12.3. The molecule has 5 nitrogen and oxygen atoms in total. The number of carbonyl (C=O) groups is 1. The van der Waals surface area contributed by atoms with Crippen molar-refractivity contribution in [2.24, 2.45) is 0 Å². The highest BCUT2D eigenvalue weighted by Gasteiger charge is 2.04. The number of aromatic nitrogens is 2. The van der Waals surface area contributed by atoms with Gasteiger partial charge in [-0.1, -0.05) is 24.3 Å². The highest BCUT2D eigenvalue weighted by atomic mass is 16.3. The van der Waals surface area contributed by atoms with Gasteiger partial charge in [-0.05, 0) is 36.2 Å². The van der Waals surface area contributed by atoms with Crippen molar-refractivity contribution in [1.29, 1.82) is 0 Å². The van der Waals surface area contributed by atoms with Crippen LogP contribution in [0.2, 0.25) is 0 Å². The molecule has 1 heterocycles. The average Bonchev–Trinajstić information content (AvgIpc) is 2.95. The summed E-state index contributed by atoms with van der Waals surface area (Å²) in [5.41, 5.74) is 2.90. The summed E-state index contributed by atoms with van der Waals surface area (Å²) in [6.07, 6.45) is 2.95. The predicted octanol–water partition coefficient (Wildman–Crippen LogP) is 2.49. The lowest BCUT2D eigenvalue weighted by molar-refractivity contribution is -0.120. The SMILES string of the molecule is O=C(Cc1cccc(O)c1)NCCCn1cnc2ccccc21. The van der Waals surface area contributed by atoms with E-state index in [1.54, 1.807) is 18.2 Å². The summed E-state index contributed by atoms with van der Waals surface area (Å²) in [5.74, 6) is 0.147. The standard InChI is InChI=1S/C18H19N3O2/c22-15-6-3-5-14(11-15)12-18(23)19-9-4-10-21-13-20-16-7-1-2-8-17(16)21/h1-3,5-8,11,13,22H,4,9-10,12H2,(H,19,23). The lowest BCUT2D eigenvalue weighted by Gasteiger charge is -2.07. The zero-order valence-corrected chi connectivity index (χ0v) is 12.8. The van der Waals surface area contributed by atoms with Crippen molar-refractivity contribution in [3.8, 4) is 5.75 Å². The molecule has 0 aliphatic heterocycles. The zero-order chi connectivity index (χ0) is 16.1. The molecular formula is C18H19N3O2. The maximum atomic E-state index is 11.9. The van der Waals surface area contributed by atoms with E-state index in [2.05, 4.69) is 14.9 Å². The monoisotopic (exact) mass is 309 g/mol. The Balaban J connectivity index is 1.45. The van der Waals surface area contributed by atoms with Crippen LogP contribution in [0.4, 0.5) is 0 Å². The summed E-state index contributed by atoms with van der Waals surface area (Å²) >= 11 is 0. The smallest absolute Gasteiger partial charge is 0.224 e. The first-order valence-electron chi connectivity index (χ1n) is 7.67. The van der Waals surface area contributed by atoms with Crippen LogP contribution < -0.4 is 5.32 Å². The molecule has 0 fully saturated rings. The fraction of sp³-hybridized carbons (Fsp3) is 0.222. The molecule has 0 atom stereocenters. The van der Waals surface area contributed by atoms with Gasteiger partial charge in [0.2, 0.25) is 5.91 Å². The van der Waals surface area contributed by atoms with Gasteiger partial charge in [0.05, 0.1) is 23.8 Å². The molecule has 5 heteroatoms. The molecule has 23 heavy (non-hydrogen) atoms. The number of aromatic hydroxyl groups is 1. The molecule has 0 unspecified atom stereocenters. The molecule has 3 rings (SSSR count). The van der Waals surface area contributed by atoms with Crippen LogP contribution in [0.1, 0.15) is 12.0 Å². The van der Waals surface area contributed by atoms with Crippen LogP contribution in [0, 0.1) is 0 Å². The summed E-state index contributed by atoms with van der Waals surface area (Å²) in [4.78, 5) is 16.2. The Kier molecular flexibility index (Phi) is 4.57. The van der Waals surface area contributed by atoms with Crippen molar-refractivity contribution in [2.75, 3.05) is 6.54 Å². The van der Waals surface area contributed by atoms with E-state index in [0.717, 1.165) is 29.6 Å². The number of rotatable bonds is 6. The van der Waals surface area contributed by atoms with Gasteiger partial charge in [-0.15, -0.1) is 0 Å². The number of nitrogens with one attached hydrogen (secondary N) is 1. The van der Waals surface area contributed by atoms with Gasteiger partial charge < -0.3 is 15.0 Å². The van der Waals surface area contributed by atoms with Crippen LogP contribution >= 0.6 is 0 Å². The molecule has 1 aromatic heterocycles. The molecule has 0 spiro atoms. The second kappa shape index (κ2) is 6.96. The van der Waals surface area contributed by atoms with Gasteiger partial charge in [-0.2, -0.15) is 0 Å². The Labute approximate surface area is 134 Å². The van der Waals surface area contributed by atoms with Gasteiger partial charge in [0.1, 0.15) is 5.75 Å². The third-order valence-corrected chi connectivity index (χ3v) is 3.70. The molecule has 0 bridgehead atoms. The number of hydrogen-bond donors (Lipinski definition) is 2. The Morgan fingerprint density at radius 3 is 2.91 bits per heavy atom. The van der Waals surface area contributed by atoms with Crippen molar-refractivity contribution in [3.63, 3.8) is 0 Å². The highest BCUT2D eigenvalue weighted by Crippen LogP contribution is 2.12. The fourth-order valence-electron chi connectivity index (χ4n) is 2.58. The lowest BCUT2D eigenvalue weighted by atomic mass is 10.1. The minimum Gasteiger partial charge on any atom is -0.508 e. The molecule has 0 aliphatic rings. The van der Waals surface area contributed by atoms with Crippen LogP contribution in [-0.2, 0) is 17.8 Å². The quantitative estimate of drug-likeness (QED) is 0.687. The first-order chi connectivity index (χ1) is 11.2. The molecule has 118 valence electrons. The highest BCUT2D eigenvalue weighted by molar-refractivity contribution is 5.78. The molecule has 0 radical (unpaired) electrons. The van der Waals surface area contributed by atoms with E-state index in [-0.39, 0.29) is 18.1 Å². The first-order valence-corrected chi connectivity index (χ1v) is 7.67. The number of carbonyl (C=O) groups excluding carboxylic acids is 1. The normalized spacial score (nSPS) is 10.8. The number of amides is 1. The first kappa shape index (κ1) is 15.1. The maximum absolute atomic E-state index is 11.9. The van der Waals surface area contributed by atoms with E-state index < -0.39 is 0 Å². The zero-order valence-electron chi connectivity index (χ0n) is 12.8. The van der Waals surface area contributed by atoms with E-state index in [9.17, 15) is 9.90 Å². The number of phenolic OH excluding ortho intramolecular Hbond substituents is 1. The molecule has 2 aromatic carbocycles. The third kappa shape index (κ3) is 3.88. The average molecular weight is 309 g/mol. The van der Waals surface area contributed by atoms with Crippen LogP contribution in [0.3, 0.4) is 0 Å². The van der Waals surface area contributed by atoms with Crippen molar-refractivity contribution in [2.45, 2.75) is 19.4 Å². The minimum atomic E-state index is -0.0360. The van der Waals surface area contributed by atoms with E-state index in [4.69, 9.17) is 0 Å². The van der Waals surface area contributed by atoms with Crippen LogP contribution in [0.5, 0.6) is 5.75 Å². The van der Waals surface area contributed by atoms with Crippen LogP contribution in [0.25, 0.3) is 11.0 Å². The van der Waals surface area contributed by atoms with Gasteiger partial charge in [0.15, 0.2) is 0 Å². The van der Waals surface area contributed by atoms with Crippen LogP contribution in [-0.4, -0.2) is 27.1 Å². The van der Waals surface area contributed by atoms with Gasteiger partial charge >= 0.3 is 0 Å². The van der Waals surface area contributed by atoms with E-state index in [1.165, 1.54) is 0 Å². The number of hydrogen-bond acceptors (Lipinski definition) is 3. The minimum absolute atomic E-state index is 0.0360. The van der Waals surface area contributed by atoms with Gasteiger partial charge in [0.25, 0.3) is 0 Å². The molecular weight excluding hydrogens is 290 g/mol. The third-order valence-electron chi connectivity index (χ3n) is 3.70. The molecule has 0 aliphatic carbocycles.